The quantitative estimate of drug-likeness (QED) is 0.254. The molecular weight excluding hydrogens is 360 g/mol. The van der Waals surface area contributed by atoms with E-state index in [1.165, 1.54) is 16.7 Å². The molecule has 29 heavy (non-hydrogen) atoms. The first-order valence-corrected chi connectivity index (χ1v) is 9.48. The highest BCUT2D eigenvalue weighted by Gasteiger charge is 2.24. The van der Waals surface area contributed by atoms with Gasteiger partial charge < -0.3 is 0 Å². The van der Waals surface area contributed by atoms with Crippen LogP contribution in [-0.2, 0) is 0 Å². The molecule has 0 bridgehead atoms. The zero-order valence-corrected chi connectivity index (χ0v) is 16.4. The Hall–Kier alpha value is -3.79. The minimum Gasteiger partial charge on any atom is -0.258 e. The molecule has 0 saturated carbocycles. The summed E-state index contributed by atoms with van der Waals surface area (Å²) in [5.41, 5.74) is 7.85. The minimum atomic E-state index is -0.373. The van der Waals surface area contributed by atoms with E-state index in [-0.39, 0.29) is 10.6 Å². The third kappa shape index (κ3) is 3.52. The Morgan fingerprint density at radius 1 is 0.759 bits per heavy atom. The average molecular weight is 381 g/mol. The lowest BCUT2D eigenvalue weighted by atomic mass is 9.93. The maximum absolute atomic E-state index is 11.0. The Morgan fingerprint density at radius 3 is 1.86 bits per heavy atom. The number of hydrogen-bond acceptors (Lipinski definition) is 2. The van der Waals surface area contributed by atoms with E-state index in [1.54, 1.807) is 24.3 Å². The fourth-order valence-electron chi connectivity index (χ4n) is 3.86. The molecule has 1 heterocycles. The van der Waals surface area contributed by atoms with Crippen LogP contribution in [0.4, 0.5) is 5.69 Å². The highest BCUT2D eigenvalue weighted by Crippen LogP contribution is 2.32. The summed E-state index contributed by atoms with van der Waals surface area (Å²) >= 11 is 0. The molecule has 0 spiro atoms. The molecule has 4 rings (SSSR count). The topological polar surface area (TPSA) is 47.0 Å². The number of rotatable bonds is 4. The maximum Gasteiger partial charge on any atom is 0.269 e. The highest BCUT2D eigenvalue weighted by molar-refractivity contribution is 5.76. The molecule has 0 unspecified atom stereocenters. The van der Waals surface area contributed by atoms with Gasteiger partial charge in [0, 0.05) is 46.5 Å². The average Bonchev–Trinajstić information content (AvgIpc) is 2.75. The first kappa shape index (κ1) is 18.6. The van der Waals surface area contributed by atoms with E-state index in [9.17, 15) is 10.1 Å². The van der Waals surface area contributed by atoms with Crippen molar-refractivity contribution in [2.24, 2.45) is 0 Å². The number of nitrogens with zero attached hydrogens (tertiary/aromatic N) is 2. The van der Waals surface area contributed by atoms with Gasteiger partial charge >= 0.3 is 0 Å². The third-order valence-electron chi connectivity index (χ3n) is 5.14. The van der Waals surface area contributed by atoms with E-state index >= 15 is 0 Å². The second-order valence-corrected chi connectivity index (χ2v) is 7.04. The largest absolute Gasteiger partial charge is 0.269 e. The van der Waals surface area contributed by atoms with Crippen molar-refractivity contribution >= 4 is 5.69 Å². The van der Waals surface area contributed by atoms with Crippen LogP contribution in [0.3, 0.4) is 0 Å². The lowest BCUT2D eigenvalue weighted by molar-refractivity contribution is -0.584. The van der Waals surface area contributed by atoms with Crippen molar-refractivity contribution in [2.75, 3.05) is 0 Å². The number of aryl methyl sites for hydroxylation is 1. The number of pyridine rings is 1. The summed E-state index contributed by atoms with van der Waals surface area (Å²) in [5.74, 6) is 0. The molecule has 142 valence electrons. The molecule has 0 saturated heterocycles. The number of benzene rings is 3. The Morgan fingerprint density at radius 2 is 1.31 bits per heavy atom. The zero-order valence-electron chi connectivity index (χ0n) is 16.4. The number of non-ortho nitro benzene ring substituents is 1. The van der Waals surface area contributed by atoms with Gasteiger partial charge in [-0.1, -0.05) is 48.5 Å². The molecule has 4 heteroatoms. The van der Waals surface area contributed by atoms with Gasteiger partial charge in [-0.15, -0.1) is 0 Å². The Bertz CT molecular complexity index is 1170. The van der Waals surface area contributed by atoms with Crippen molar-refractivity contribution in [1.82, 2.24) is 0 Å². The molecule has 0 aliphatic rings. The predicted molar refractivity (Wildman–Crippen MR) is 115 cm³/mol. The first-order chi connectivity index (χ1) is 14.1. The van der Waals surface area contributed by atoms with E-state index in [1.807, 2.05) is 36.4 Å². The monoisotopic (exact) mass is 381 g/mol. The fraction of sp³-hybridized carbons (Fsp3) is 0.0800. The summed E-state index contributed by atoms with van der Waals surface area (Å²) in [7, 11) is 0. The number of aromatic nitrogens is 1. The summed E-state index contributed by atoms with van der Waals surface area (Å²) in [6.07, 6.45) is 2.11. The Labute approximate surface area is 169 Å². The van der Waals surface area contributed by atoms with E-state index in [4.69, 9.17) is 0 Å². The van der Waals surface area contributed by atoms with Gasteiger partial charge in [-0.05, 0) is 31.5 Å². The summed E-state index contributed by atoms with van der Waals surface area (Å²) in [5, 5.41) is 11.0. The second-order valence-electron chi connectivity index (χ2n) is 7.04. The van der Waals surface area contributed by atoms with Crippen LogP contribution in [0.25, 0.3) is 28.1 Å². The molecule has 0 N–H and O–H groups in total. The summed E-state index contributed by atoms with van der Waals surface area (Å²) in [4.78, 5) is 10.7. The smallest absolute Gasteiger partial charge is 0.258 e. The number of nitro benzene ring substituents is 1. The van der Waals surface area contributed by atoms with Crippen LogP contribution in [0, 0.1) is 24.0 Å². The second kappa shape index (κ2) is 7.68. The molecule has 0 radical (unpaired) electrons. The molecule has 1 aromatic heterocycles. The van der Waals surface area contributed by atoms with Gasteiger partial charge in [-0.3, -0.25) is 10.1 Å². The van der Waals surface area contributed by atoms with Crippen LogP contribution >= 0.6 is 0 Å². The van der Waals surface area contributed by atoms with Gasteiger partial charge in [0.2, 0.25) is 11.4 Å². The lowest BCUT2D eigenvalue weighted by Crippen LogP contribution is -2.35. The first-order valence-electron chi connectivity index (χ1n) is 9.48. The van der Waals surface area contributed by atoms with Gasteiger partial charge in [-0.25, -0.2) is 0 Å². The summed E-state index contributed by atoms with van der Waals surface area (Å²) < 4.78 is 2.12. The van der Waals surface area contributed by atoms with Crippen molar-refractivity contribution in [1.29, 1.82) is 0 Å². The van der Waals surface area contributed by atoms with E-state index < -0.39 is 0 Å². The van der Waals surface area contributed by atoms with Crippen LogP contribution in [-0.4, -0.2) is 4.92 Å². The van der Waals surface area contributed by atoms with Crippen molar-refractivity contribution < 1.29 is 9.49 Å². The van der Waals surface area contributed by atoms with Crippen LogP contribution in [0.5, 0.6) is 0 Å². The maximum atomic E-state index is 11.0. The summed E-state index contributed by atoms with van der Waals surface area (Å²) in [6.45, 7) is 4.24. The Balaban J connectivity index is 1.99. The van der Waals surface area contributed by atoms with Crippen LogP contribution in [0.2, 0.25) is 0 Å². The molecule has 4 nitrogen and oxygen atoms in total. The van der Waals surface area contributed by atoms with Gasteiger partial charge in [0.15, 0.2) is 6.20 Å². The molecule has 0 fully saturated rings. The van der Waals surface area contributed by atoms with Crippen LogP contribution < -0.4 is 4.57 Å². The van der Waals surface area contributed by atoms with Crippen molar-refractivity contribution in [3.05, 3.63) is 112 Å². The molecule has 3 aromatic carbocycles. The zero-order chi connectivity index (χ0) is 20.4. The minimum absolute atomic E-state index is 0.0879. The SMILES string of the molecule is Cc1c[n+](-c2ccc([N+](=O)[O-])cc2)c(-c2ccccc2)c(C)c1-c1ccccc1. The number of hydrogen-bond donors (Lipinski definition) is 0. The van der Waals surface area contributed by atoms with Crippen molar-refractivity contribution in [3.8, 4) is 28.1 Å². The van der Waals surface area contributed by atoms with Crippen LogP contribution in [0.15, 0.2) is 91.1 Å². The van der Waals surface area contributed by atoms with Gasteiger partial charge in [0.1, 0.15) is 0 Å². The standard InChI is InChI=1S/C25H21N2O2/c1-18-17-26(22-13-15-23(16-14-22)27(28)29)25(21-11-7-4-8-12-21)19(2)24(18)20-9-5-3-6-10-20/h3-17H,1-2H3/q+1. The molecule has 0 aliphatic carbocycles. The molecular formula is C25H21N2O2+. The molecule has 0 aliphatic heterocycles. The summed E-state index contributed by atoms with van der Waals surface area (Å²) in [6, 6.07) is 27.3. The van der Waals surface area contributed by atoms with Crippen LogP contribution in [0.1, 0.15) is 11.1 Å². The van der Waals surface area contributed by atoms with Crippen molar-refractivity contribution in [3.63, 3.8) is 0 Å². The molecule has 4 aromatic rings. The Kier molecular flexibility index (Phi) is 4.92. The van der Waals surface area contributed by atoms with E-state index in [0.29, 0.717) is 0 Å². The van der Waals surface area contributed by atoms with E-state index in [2.05, 4.69) is 48.9 Å². The highest BCUT2D eigenvalue weighted by atomic mass is 16.6. The molecule has 0 amide bonds. The predicted octanol–water partition coefficient (Wildman–Crippen LogP) is 5.82. The lowest BCUT2D eigenvalue weighted by Gasteiger charge is -2.14. The van der Waals surface area contributed by atoms with Crippen molar-refractivity contribution in [2.45, 2.75) is 13.8 Å². The van der Waals surface area contributed by atoms with Gasteiger partial charge in [0.25, 0.3) is 5.69 Å². The van der Waals surface area contributed by atoms with Gasteiger partial charge in [0.05, 0.1) is 4.92 Å². The van der Waals surface area contributed by atoms with Gasteiger partial charge in [-0.2, -0.15) is 4.57 Å². The van der Waals surface area contributed by atoms with E-state index in [0.717, 1.165) is 22.5 Å². The third-order valence-corrected chi connectivity index (χ3v) is 5.14. The normalized spacial score (nSPS) is 10.7. The number of nitro groups is 1. The molecule has 0 atom stereocenters. The fourth-order valence-corrected chi connectivity index (χ4v) is 3.86.